The van der Waals surface area contributed by atoms with Crippen molar-refractivity contribution >= 4 is 34.8 Å². The summed E-state index contributed by atoms with van der Waals surface area (Å²) in [4.78, 5) is 12.8. The fourth-order valence-corrected chi connectivity index (χ4v) is 3.10. The number of hydrogen-bond donors (Lipinski definition) is 1. The minimum Gasteiger partial charge on any atom is -0.478 e. The molecule has 0 saturated heterocycles. The minimum atomic E-state index is -0.989. The number of hydrogen-bond acceptors (Lipinski definition) is 2. The van der Waals surface area contributed by atoms with Crippen molar-refractivity contribution in [1.29, 1.82) is 0 Å². The lowest BCUT2D eigenvalue weighted by molar-refractivity contribution is -0.130. The highest BCUT2D eigenvalue weighted by Crippen LogP contribution is 2.25. The van der Waals surface area contributed by atoms with Crippen LogP contribution in [0.15, 0.2) is 72.8 Å². The van der Waals surface area contributed by atoms with Gasteiger partial charge >= 0.3 is 0 Å². The Bertz CT molecular complexity index is 954. The quantitative estimate of drug-likeness (QED) is 0.451. The fourth-order valence-electron chi connectivity index (χ4n) is 2.85. The van der Waals surface area contributed by atoms with Crippen LogP contribution in [0.3, 0.4) is 0 Å². The van der Waals surface area contributed by atoms with E-state index in [0.717, 1.165) is 17.0 Å². The minimum absolute atomic E-state index is 0.201. The Labute approximate surface area is 181 Å². The van der Waals surface area contributed by atoms with E-state index in [9.17, 15) is 4.79 Å². The van der Waals surface area contributed by atoms with Crippen LogP contribution in [0.25, 0.3) is 0 Å². The van der Waals surface area contributed by atoms with Crippen molar-refractivity contribution in [2.24, 2.45) is 0 Å². The molecule has 3 aromatic rings. The number of nitrogens with one attached hydrogen (secondary N) is 1. The summed E-state index contributed by atoms with van der Waals surface area (Å²) in [6.07, 6.45) is 1.33. The fraction of sp³-hybridized carbons (Fsp3) is 0.208. The lowest BCUT2D eigenvalue weighted by Crippen LogP contribution is -2.44. The summed E-state index contributed by atoms with van der Waals surface area (Å²) in [6, 6.07) is 22.6. The van der Waals surface area contributed by atoms with Gasteiger partial charge in [0.2, 0.25) is 0 Å². The largest absolute Gasteiger partial charge is 0.478 e. The van der Waals surface area contributed by atoms with Crippen LogP contribution < -0.4 is 10.1 Å². The SMILES string of the molecule is CCC(C)(Oc1ccc(Cc2ccc(Cl)cc2)cc1)C(=O)Nc1ccc(Cl)cc1. The summed E-state index contributed by atoms with van der Waals surface area (Å²) in [5.41, 5.74) is 2.03. The number of rotatable bonds is 7. The highest BCUT2D eigenvalue weighted by Gasteiger charge is 2.33. The molecule has 1 unspecified atom stereocenters. The maximum absolute atomic E-state index is 12.8. The molecule has 0 aliphatic rings. The van der Waals surface area contributed by atoms with Gasteiger partial charge < -0.3 is 10.1 Å². The molecule has 3 nitrogen and oxygen atoms in total. The Morgan fingerprint density at radius 1 is 0.862 bits per heavy atom. The zero-order valence-electron chi connectivity index (χ0n) is 16.4. The summed E-state index contributed by atoms with van der Waals surface area (Å²) in [7, 11) is 0. The predicted molar refractivity (Wildman–Crippen MR) is 120 cm³/mol. The van der Waals surface area contributed by atoms with Gasteiger partial charge in [0.25, 0.3) is 5.91 Å². The normalized spacial score (nSPS) is 12.8. The molecule has 0 heterocycles. The van der Waals surface area contributed by atoms with E-state index in [1.54, 1.807) is 31.2 Å². The third-order valence-electron chi connectivity index (χ3n) is 4.85. The zero-order valence-corrected chi connectivity index (χ0v) is 17.9. The van der Waals surface area contributed by atoms with Crippen LogP contribution in [0, 0.1) is 0 Å². The number of anilines is 1. The second-order valence-corrected chi connectivity index (χ2v) is 7.97. The highest BCUT2D eigenvalue weighted by molar-refractivity contribution is 6.30. The molecule has 0 saturated carbocycles. The number of benzene rings is 3. The van der Waals surface area contributed by atoms with Gasteiger partial charge in [-0.2, -0.15) is 0 Å². The van der Waals surface area contributed by atoms with Crippen molar-refractivity contribution in [3.63, 3.8) is 0 Å². The van der Waals surface area contributed by atoms with E-state index in [4.69, 9.17) is 27.9 Å². The van der Waals surface area contributed by atoms with Crippen molar-refractivity contribution in [2.75, 3.05) is 5.32 Å². The van der Waals surface area contributed by atoms with Crippen molar-refractivity contribution < 1.29 is 9.53 Å². The van der Waals surface area contributed by atoms with Gasteiger partial charge in [-0.05, 0) is 79.4 Å². The van der Waals surface area contributed by atoms with Crippen molar-refractivity contribution in [3.8, 4) is 5.75 Å². The molecular formula is C24H23Cl2NO2. The van der Waals surface area contributed by atoms with E-state index in [1.807, 2.05) is 55.5 Å². The van der Waals surface area contributed by atoms with Gasteiger partial charge in [0, 0.05) is 15.7 Å². The summed E-state index contributed by atoms with van der Waals surface area (Å²) in [5, 5.41) is 4.25. The van der Waals surface area contributed by atoms with Crippen LogP contribution in [-0.2, 0) is 11.2 Å². The number of halogens is 2. The number of amides is 1. The van der Waals surface area contributed by atoms with Gasteiger partial charge in [-0.3, -0.25) is 4.79 Å². The predicted octanol–water partition coefficient (Wildman–Crippen LogP) is 6.77. The summed E-state index contributed by atoms with van der Waals surface area (Å²) in [6.45, 7) is 3.72. The van der Waals surface area contributed by atoms with Crippen molar-refractivity contribution in [3.05, 3.63) is 94.0 Å². The van der Waals surface area contributed by atoms with E-state index in [2.05, 4.69) is 5.32 Å². The maximum atomic E-state index is 12.8. The van der Waals surface area contributed by atoms with Gasteiger partial charge in [-0.15, -0.1) is 0 Å². The van der Waals surface area contributed by atoms with Crippen molar-refractivity contribution in [2.45, 2.75) is 32.3 Å². The Morgan fingerprint density at radius 2 is 1.34 bits per heavy atom. The van der Waals surface area contributed by atoms with E-state index in [0.29, 0.717) is 22.9 Å². The molecule has 150 valence electrons. The molecule has 29 heavy (non-hydrogen) atoms. The zero-order chi connectivity index (χ0) is 20.9. The molecule has 5 heteroatoms. The van der Waals surface area contributed by atoms with Gasteiger partial charge in [0.1, 0.15) is 5.75 Å². The molecule has 3 aromatic carbocycles. The smallest absolute Gasteiger partial charge is 0.268 e. The maximum Gasteiger partial charge on any atom is 0.268 e. The Balaban J connectivity index is 1.66. The van der Waals surface area contributed by atoms with Crippen LogP contribution in [0.1, 0.15) is 31.4 Å². The van der Waals surface area contributed by atoms with Gasteiger partial charge in [-0.1, -0.05) is 54.4 Å². The van der Waals surface area contributed by atoms with Crippen LogP contribution in [0.4, 0.5) is 5.69 Å². The molecule has 0 aliphatic heterocycles. The molecule has 0 spiro atoms. The van der Waals surface area contributed by atoms with E-state index < -0.39 is 5.60 Å². The third-order valence-corrected chi connectivity index (χ3v) is 5.35. The molecule has 0 aliphatic carbocycles. The molecule has 0 aromatic heterocycles. The van der Waals surface area contributed by atoms with E-state index >= 15 is 0 Å². The first kappa shape index (κ1) is 21.2. The average Bonchev–Trinajstić information content (AvgIpc) is 2.72. The standard InChI is InChI=1S/C24H23Cl2NO2/c1-3-24(2,23(28)27-21-12-10-20(26)11-13-21)29-22-14-6-18(7-15-22)16-17-4-8-19(25)9-5-17/h4-15H,3,16H2,1-2H3,(H,27,28). The molecule has 0 bridgehead atoms. The molecule has 1 N–H and O–H groups in total. The van der Waals surface area contributed by atoms with Crippen LogP contribution in [0.2, 0.25) is 10.0 Å². The van der Waals surface area contributed by atoms with Gasteiger partial charge in [0.05, 0.1) is 0 Å². The van der Waals surface area contributed by atoms with Crippen LogP contribution in [-0.4, -0.2) is 11.5 Å². The number of ether oxygens (including phenoxy) is 1. The molecule has 1 amide bonds. The second kappa shape index (κ2) is 9.34. The molecule has 3 rings (SSSR count). The second-order valence-electron chi connectivity index (χ2n) is 7.09. The lowest BCUT2D eigenvalue weighted by Gasteiger charge is -2.28. The average molecular weight is 428 g/mol. The lowest BCUT2D eigenvalue weighted by atomic mass is 10.0. The topological polar surface area (TPSA) is 38.3 Å². The highest BCUT2D eigenvalue weighted by atomic mass is 35.5. The Hall–Kier alpha value is -2.49. The molecule has 0 fully saturated rings. The van der Waals surface area contributed by atoms with E-state index in [-0.39, 0.29) is 5.91 Å². The Kier molecular flexibility index (Phi) is 6.83. The van der Waals surface area contributed by atoms with Crippen LogP contribution >= 0.6 is 23.2 Å². The van der Waals surface area contributed by atoms with E-state index in [1.165, 1.54) is 5.56 Å². The number of carbonyl (C=O) groups is 1. The summed E-state index contributed by atoms with van der Waals surface area (Å²) in [5.74, 6) is 0.452. The molecule has 0 radical (unpaired) electrons. The summed E-state index contributed by atoms with van der Waals surface area (Å²) >= 11 is 11.8. The first-order chi connectivity index (χ1) is 13.9. The van der Waals surface area contributed by atoms with Crippen molar-refractivity contribution in [1.82, 2.24) is 0 Å². The summed E-state index contributed by atoms with van der Waals surface area (Å²) < 4.78 is 6.07. The number of carbonyl (C=O) groups excluding carboxylic acids is 1. The van der Waals surface area contributed by atoms with Crippen LogP contribution in [0.5, 0.6) is 5.75 Å². The first-order valence-electron chi connectivity index (χ1n) is 9.47. The van der Waals surface area contributed by atoms with Gasteiger partial charge in [0.15, 0.2) is 5.60 Å². The Morgan fingerprint density at radius 3 is 1.86 bits per heavy atom. The third kappa shape index (κ3) is 5.75. The first-order valence-corrected chi connectivity index (χ1v) is 10.2. The van der Waals surface area contributed by atoms with Gasteiger partial charge in [-0.25, -0.2) is 0 Å². The molecular weight excluding hydrogens is 405 g/mol. The molecule has 1 atom stereocenters. The monoisotopic (exact) mass is 427 g/mol.